The zero-order chi connectivity index (χ0) is 16.1. The Bertz CT molecular complexity index is 490. The van der Waals surface area contributed by atoms with Crippen molar-refractivity contribution in [2.75, 3.05) is 19.6 Å². The summed E-state index contributed by atoms with van der Waals surface area (Å²) in [6, 6.07) is 10.9. The number of carbonyl (C=O) groups excluding carboxylic acids is 1. The van der Waals surface area contributed by atoms with Crippen LogP contribution < -0.4 is 5.32 Å². The Morgan fingerprint density at radius 3 is 2.48 bits per heavy atom. The molecule has 126 valence electrons. The van der Waals surface area contributed by atoms with Crippen LogP contribution in [-0.2, 0) is 4.79 Å². The van der Waals surface area contributed by atoms with Crippen LogP contribution in [0.1, 0.15) is 56.9 Å². The van der Waals surface area contributed by atoms with Crippen molar-refractivity contribution in [2.45, 2.75) is 57.4 Å². The van der Waals surface area contributed by atoms with Gasteiger partial charge in [0.15, 0.2) is 0 Å². The van der Waals surface area contributed by atoms with Gasteiger partial charge in [-0.05, 0) is 50.1 Å². The molecule has 0 radical (unpaired) electrons. The van der Waals surface area contributed by atoms with Gasteiger partial charge in [-0.2, -0.15) is 0 Å². The minimum atomic E-state index is 0.0390. The van der Waals surface area contributed by atoms with Gasteiger partial charge in [-0.1, -0.05) is 43.7 Å². The largest absolute Gasteiger partial charge is 0.342 e. The molecule has 1 aromatic carbocycles. The molecule has 3 nitrogen and oxygen atoms in total. The van der Waals surface area contributed by atoms with Crippen LogP contribution in [0.15, 0.2) is 30.3 Å². The Labute approximate surface area is 140 Å². The molecule has 1 atom stereocenters. The molecule has 1 heterocycles. The van der Waals surface area contributed by atoms with Gasteiger partial charge in [-0.15, -0.1) is 0 Å². The summed E-state index contributed by atoms with van der Waals surface area (Å²) in [7, 11) is 0. The molecule has 23 heavy (non-hydrogen) atoms. The molecular formula is C20H30N2O. The van der Waals surface area contributed by atoms with E-state index in [0.29, 0.717) is 11.9 Å². The molecule has 2 aliphatic rings. The average Bonchev–Trinajstić information content (AvgIpc) is 3.43. The topological polar surface area (TPSA) is 32.3 Å². The number of piperidine rings is 1. The standard InChI is InChI=1S/C20H30N2O/c1-2-6-19(17-7-4-3-5-8-17)20(23)22-13-11-18(12-14-22)21-15-16-9-10-16/h3-5,7-8,16,18-19,21H,2,6,9-15H2,1H3. The first-order valence-corrected chi connectivity index (χ1v) is 9.35. The van der Waals surface area contributed by atoms with Crippen molar-refractivity contribution < 1.29 is 4.79 Å². The van der Waals surface area contributed by atoms with Crippen molar-refractivity contribution in [3.63, 3.8) is 0 Å². The molecule has 0 spiro atoms. The smallest absolute Gasteiger partial charge is 0.230 e. The first kappa shape index (κ1) is 16.5. The Balaban J connectivity index is 1.53. The molecule has 1 saturated carbocycles. The number of rotatable bonds is 7. The third-order valence-corrected chi connectivity index (χ3v) is 5.28. The van der Waals surface area contributed by atoms with Gasteiger partial charge in [-0.3, -0.25) is 4.79 Å². The number of likely N-dealkylation sites (tertiary alicyclic amines) is 1. The Morgan fingerprint density at radius 1 is 1.17 bits per heavy atom. The lowest BCUT2D eigenvalue weighted by molar-refractivity contribution is -0.134. The Morgan fingerprint density at radius 2 is 1.87 bits per heavy atom. The van der Waals surface area contributed by atoms with E-state index in [9.17, 15) is 4.79 Å². The third kappa shape index (κ3) is 4.57. The predicted octanol–water partition coefficient (Wildman–Crippen LogP) is 3.56. The highest BCUT2D eigenvalue weighted by Crippen LogP contribution is 2.29. The van der Waals surface area contributed by atoms with E-state index in [1.165, 1.54) is 24.9 Å². The quantitative estimate of drug-likeness (QED) is 0.834. The Hall–Kier alpha value is -1.35. The number of hydrogen-bond acceptors (Lipinski definition) is 2. The Kier molecular flexibility index (Phi) is 5.71. The van der Waals surface area contributed by atoms with Crippen LogP contribution >= 0.6 is 0 Å². The monoisotopic (exact) mass is 314 g/mol. The van der Waals surface area contributed by atoms with Crippen molar-refractivity contribution in [2.24, 2.45) is 5.92 Å². The van der Waals surface area contributed by atoms with Gasteiger partial charge >= 0.3 is 0 Å². The van der Waals surface area contributed by atoms with Crippen LogP contribution in [0.25, 0.3) is 0 Å². The fourth-order valence-electron chi connectivity index (χ4n) is 3.59. The number of amides is 1. The molecule has 1 aliphatic carbocycles. The number of hydrogen-bond donors (Lipinski definition) is 1. The van der Waals surface area contributed by atoms with Gasteiger partial charge < -0.3 is 10.2 Å². The zero-order valence-electron chi connectivity index (χ0n) is 14.3. The van der Waals surface area contributed by atoms with Crippen LogP contribution in [0.3, 0.4) is 0 Å². The molecule has 1 aliphatic heterocycles. The molecule has 0 aromatic heterocycles. The molecule has 1 aromatic rings. The van der Waals surface area contributed by atoms with Crippen LogP contribution in [-0.4, -0.2) is 36.5 Å². The van der Waals surface area contributed by atoms with Crippen LogP contribution in [0.4, 0.5) is 0 Å². The first-order valence-electron chi connectivity index (χ1n) is 9.35. The van der Waals surface area contributed by atoms with E-state index < -0.39 is 0 Å². The molecule has 1 unspecified atom stereocenters. The van der Waals surface area contributed by atoms with E-state index in [2.05, 4.69) is 29.3 Å². The maximum atomic E-state index is 13.0. The second-order valence-corrected chi connectivity index (χ2v) is 7.20. The maximum Gasteiger partial charge on any atom is 0.230 e. The van der Waals surface area contributed by atoms with E-state index in [4.69, 9.17) is 0 Å². The molecule has 1 saturated heterocycles. The highest BCUT2D eigenvalue weighted by atomic mass is 16.2. The predicted molar refractivity (Wildman–Crippen MR) is 94.4 cm³/mol. The zero-order valence-corrected chi connectivity index (χ0v) is 14.3. The van der Waals surface area contributed by atoms with E-state index in [1.54, 1.807) is 0 Å². The molecule has 0 bridgehead atoms. The van der Waals surface area contributed by atoms with Crippen LogP contribution in [0.5, 0.6) is 0 Å². The second kappa shape index (κ2) is 7.96. The van der Waals surface area contributed by atoms with E-state index in [0.717, 1.165) is 44.7 Å². The average molecular weight is 314 g/mol. The van der Waals surface area contributed by atoms with Gasteiger partial charge in [0.25, 0.3) is 0 Å². The lowest BCUT2D eigenvalue weighted by Gasteiger charge is -2.35. The van der Waals surface area contributed by atoms with Gasteiger partial charge in [-0.25, -0.2) is 0 Å². The highest BCUT2D eigenvalue weighted by molar-refractivity contribution is 5.83. The SMILES string of the molecule is CCCC(C(=O)N1CCC(NCC2CC2)CC1)c1ccccc1. The molecule has 2 fully saturated rings. The summed E-state index contributed by atoms with van der Waals surface area (Å²) in [6.45, 7) is 5.17. The summed E-state index contributed by atoms with van der Waals surface area (Å²) in [5.41, 5.74) is 1.17. The maximum absolute atomic E-state index is 13.0. The van der Waals surface area contributed by atoms with Crippen molar-refractivity contribution in [3.05, 3.63) is 35.9 Å². The lowest BCUT2D eigenvalue weighted by Crippen LogP contribution is -2.46. The van der Waals surface area contributed by atoms with Gasteiger partial charge in [0.2, 0.25) is 5.91 Å². The summed E-state index contributed by atoms with van der Waals surface area (Å²) in [5.74, 6) is 1.30. The number of nitrogens with one attached hydrogen (secondary N) is 1. The number of benzene rings is 1. The van der Waals surface area contributed by atoms with Crippen molar-refractivity contribution >= 4 is 5.91 Å². The number of carbonyl (C=O) groups is 1. The van der Waals surface area contributed by atoms with Gasteiger partial charge in [0, 0.05) is 19.1 Å². The van der Waals surface area contributed by atoms with Crippen molar-refractivity contribution in [1.82, 2.24) is 10.2 Å². The van der Waals surface area contributed by atoms with Crippen LogP contribution in [0, 0.1) is 5.92 Å². The normalized spacial score (nSPS) is 20.5. The second-order valence-electron chi connectivity index (χ2n) is 7.20. The van der Waals surface area contributed by atoms with Gasteiger partial charge in [0.05, 0.1) is 5.92 Å². The van der Waals surface area contributed by atoms with Gasteiger partial charge in [0.1, 0.15) is 0 Å². The fraction of sp³-hybridized carbons (Fsp3) is 0.650. The number of nitrogens with zero attached hydrogens (tertiary/aromatic N) is 1. The summed E-state index contributed by atoms with van der Waals surface area (Å²) in [6.07, 6.45) is 7.01. The molecule has 1 N–H and O–H groups in total. The minimum absolute atomic E-state index is 0.0390. The van der Waals surface area contributed by atoms with Crippen molar-refractivity contribution in [1.29, 1.82) is 0 Å². The fourth-order valence-corrected chi connectivity index (χ4v) is 3.59. The summed E-state index contributed by atoms with van der Waals surface area (Å²) in [4.78, 5) is 15.1. The summed E-state index contributed by atoms with van der Waals surface area (Å²) >= 11 is 0. The summed E-state index contributed by atoms with van der Waals surface area (Å²) < 4.78 is 0. The third-order valence-electron chi connectivity index (χ3n) is 5.28. The van der Waals surface area contributed by atoms with E-state index >= 15 is 0 Å². The first-order chi connectivity index (χ1) is 11.3. The molecule has 3 heteroatoms. The van der Waals surface area contributed by atoms with E-state index in [-0.39, 0.29) is 5.92 Å². The molecule has 3 rings (SSSR count). The van der Waals surface area contributed by atoms with Crippen molar-refractivity contribution in [3.8, 4) is 0 Å². The molecule has 1 amide bonds. The van der Waals surface area contributed by atoms with Crippen LogP contribution in [0.2, 0.25) is 0 Å². The summed E-state index contributed by atoms with van der Waals surface area (Å²) in [5, 5.41) is 3.69. The minimum Gasteiger partial charge on any atom is -0.342 e. The molecular weight excluding hydrogens is 284 g/mol. The highest BCUT2D eigenvalue weighted by Gasteiger charge is 2.29. The lowest BCUT2D eigenvalue weighted by atomic mass is 9.92. The van der Waals surface area contributed by atoms with E-state index in [1.807, 2.05) is 18.2 Å².